The molecule has 0 fully saturated rings. The van der Waals surface area contributed by atoms with E-state index in [-0.39, 0.29) is 5.69 Å². The van der Waals surface area contributed by atoms with Crippen LogP contribution >= 0.6 is 0 Å². The molecule has 0 saturated heterocycles. The molecule has 160 valence electrons. The highest BCUT2D eigenvalue weighted by Gasteiger charge is 2.31. The van der Waals surface area contributed by atoms with Crippen molar-refractivity contribution < 1.29 is 22.7 Å². The fraction of sp³-hybridized carbons (Fsp3) is 0.208. The smallest absolute Gasteiger partial charge is 0.406 e. The van der Waals surface area contributed by atoms with Gasteiger partial charge in [-0.1, -0.05) is 36.4 Å². The summed E-state index contributed by atoms with van der Waals surface area (Å²) in [6.45, 7) is 0. The molecular formula is C24H21F3N2O2. The first-order valence-corrected chi connectivity index (χ1v) is 10.0. The van der Waals surface area contributed by atoms with Gasteiger partial charge in [-0.3, -0.25) is 0 Å². The lowest BCUT2D eigenvalue weighted by Gasteiger charge is -2.17. The summed E-state index contributed by atoms with van der Waals surface area (Å²) in [6, 6.07) is 18.5. The number of urea groups is 1. The fourth-order valence-corrected chi connectivity index (χ4v) is 3.75. The van der Waals surface area contributed by atoms with E-state index in [9.17, 15) is 18.0 Å². The number of carbonyl (C=O) groups is 1. The Balaban J connectivity index is 1.44. The third-order valence-electron chi connectivity index (χ3n) is 5.13. The van der Waals surface area contributed by atoms with Crippen molar-refractivity contribution >= 4 is 17.4 Å². The number of alkyl halides is 3. The first-order valence-electron chi connectivity index (χ1n) is 10.0. The molecule has 0 aromatic heterocycles. The summed E-state index contributed by atoms with van der Waals surface area (Å²) in [5.74, 6) is -0.403. The van der Waals surface area contributed by atoms with Crippen molar-refractivity contribution in [1.82, 2.24) is 0 Å². The number of halogens is 3. The lowest BCUT2D eigenvalue weighted by atomic mass is 9.89. The summed E-state index contributed by atoms with van der Waals surface area (Å²) in [5.41, 5.74) is 5.61. The molecule has 0 bridgehead atoms. The van der Waals surface area contributed by atoms with E-state index < -0.39 is 18.1 Å². The highest BCUT2D eigenvalue weighted by Crippen LogP contribution is 2.29. The third kappa shape index (κ3) is 5.57. The van der Waals surface area contributed by atoms with Crippen LogP contribution in [0.4, 0.5) is 29.3 Å². The van der Waals surface area contributed by atoms with Crippen molar-refractivity contribution in [2.24, 2.45) is 0 Å². The Morgan fingerprint density at radius 3 is 2.16 bits per heavy atom. The molecule has 0 atom stereocenters. The Labute approximate surface area is 178 Å². The lowest BCUT2D eigenvalue weighted by Crippen LogP contribution is -2.20. The van der Waals surface area contributed by atoms with E-state index in [1.165, 1.54) is 42.2 Å². The second kappa shape index (κ2) is 8.71. The van der Waals surface area contributed by atoms with Crippen LogP contribution in [0.15, 0.2) is 66.7 Å². The van der Waals surface area contributed by atoms with Crippen molar-refractivity contribution in [3.63, 3.8) is 0 Å². The minimum Gasteiger partial charge on any atom is -0.406 e. The Morgan fingerprint density at radius 2 is 1.42 bits per heavy atom. The highest BCUT2D eigenvalue weighted by molar-refractivity contribution is 6.00. The van der Waals surface area contributed by atoms with Gasteiger partial charge in [0.25, 0.3) is 0 Å². The van der Waals surface area contributed by atoms with Crippen LogP contribution in [-0.4, -0.2) is 12.4 Å². The van der Waals surface area contributed by atoms with Crippen molar-refractivity contribution in [1.29, 1.82) is 0 Å². The van der Waals surface area contributed by atoms with Crippen LogP contribution in [0, 0.1) is 0 Å². The lowest BCUT2D eigenvalue weighted by molar-refractivity contribution is -0.274. The number of carbonyl (C=O) groups excluding carboxylic acids is 1. The maximum atomic E-state index is 12.4. The number of ether oxygens (including phenoxy) is 1. The molecule has 2 N–H and O–H groups in total. The first-order chi connectivity index (χ1) is 14.9. The van der Waals surface area contributed by atoms with Crippen LogP contribution in [0.3, 0.4) is 0 Å². The van der Waals surface area contributed by atoms with Gasteiger partial charge in [-0.2, -0.15) is 0 Å². The second-order valence-corrected chi connectivity index (χ2v) is 7.43. The molecule has 2 amide bonds. The number of aryl methyl sites for hydroxylation is 2. The largest absolute Gasteiger partial charge is 0.573 e. The van der Waals surface area contributed by atoms with E-state index in [1.54, 1.807) is 6.07 Å². The van der Waals surface area contributed by atoms with E-state index in [0.29, 0.717) is 5.69 Å². The second-order valence-electron chi connectivity index (χ2n) is 7.43. The molecule has 0 aliphatic heterocycles. The number of benzene rings is 3. The summed E-state index contributed by atoms with van der Waals surface area (Å²) in [5, 5.41) is 5.24. The molecule has 0 unspecified atom stereocenters. The molecule has 0 heterocycles. The number of rotatable bonds is 4. The van der Waals surface area contributed by atoms with Gasteiger partial charge in [-0.25, -0.2) is 4.79 Å². The predicted molar refractivity (Wildman–Crippen MR) is 114 cm³/mol. The minimum atomic E-state index is -4.79. The van der Waals surface area contributed by atoms with Gasteiger partial charge in [0.1, 0.15) is 5.75 Å². The molecule has 3 aromatic carbocycles. The van der Waals surface area contributed by atoms with Crippen molar-refractivity contribution in [2.75, 3.05) is 10.6 Å². The summed E-state index contributed by atoms with van der Waals surface area (Å²) < 4.78 is 41.0. The molecule has 4 rings (SSSR count). The molecule has 1 aliphatic carbocycles. The molecule has 0 saturated carbocycles. The Hall–Kier alpha value is -3.48. The van der Waals surface area contributed by atoms with Gasteiger partial charge in [-0.15, -0.1) is 13.2 Å². The zero-order chi connectivity index (χ0) is 21.8. The number of fused-ring (bicyclic) bond motifs is 1. The molecule has 3 aromatic rings. The average Bonchev–Trinajstić information content (AvgIpc) is 2.72. The third-order valence-corrected chi connectivity index (χ3v) is 5.13. The summed E-state index contributed by atoms with van der Waals surface area (Å²) >= 11 is 0. The maximum absolute atomic E-state index is 12.4. The monoisotopic (exact) mass is 426 g/mol. The fourth-order valence-electron chi connectivity index (χ4n) is 3.75. The molecule has 0 spiro atoms. The Morgan fingerprint density at radius 1 is 0.774 bits per heavy atom. The first kappa shape index (κ1) is 20.8. The molecule has 7 heteroatoms. The van der Waals surface area contributed by atoms with E-state index in [2.05, 4.69) is 33.6 Å². The number of amides is 2. The number of anilines is 2. The predicted octanol–water partition coefficient (Wildman–Crippen LogP) is 6.78. The Kier molecular flexibility index (Phi) is 5.84. The van der Waals surface area contributed by atoms with Gasteiger partial charge in [-0.05, 0) is 72.2 Å². The molecule has 31 heavy (non-hydrogen) atoms. The molecular weight excluding hydrogens is 405 g/mol. The van der Waals surface area contributed by atoms with Gasteiger partial charge in [0, 0.05) is 17.4 Å². The van der Waals surface area contributed by atoms with Crippen molar-refractivity contribution in [3.05, 3.63) is 77.9 Å². The average molecular weight is 426 g/mol. The van der Waals surface area contributed by atoms with Gasteiger partial charge in [0.05, 0.1) is 0 Å². The molecule has 4 nitrogen and oxygen atoms in total. The van der Waals surface area contributed by atoms with Gasteiger partial charge in [0.2, 0.25) is 0 Å². The van der Waals surface area contributed by atoms with E-state index >= 15 is 0 Å². The number of nitrogens with one attached hydrogen (secondary N) is 2. The normalized spacial score (nSPS) is 13.3. The maximum Gasteiger partial charge on any atom is 0.573 e. The number of hydrogen-bond donors (Lipinski definition) is 2. The van der Waals surface area contributed by atoms with Crippen LogP contribution in [-0.2, 0) is 12.8 Å². The zero-order valence-corrected chi connectivity index (χ0v) is 16.6. The summed E-state index contributed by atoms with van der Waals surface area (Å²) in [4.78, 5) is 12.3. The quantitative estimate of drug-likeness (QED) is 0.483. The van der Waals surface area contributed by atoms with Gasteiger partial charge >= 0.3 is 12.4 Å². The standard InChI is InChI=1S/C24H21F3N2O2/c25-24(26,27)31-22-10-4-9-21(15-22)29-23(30)28-20-8-3-7-18(14-20)19-12-11-16-5-1-2-6-17(16)13-19/h3-4,7-15H,1-2,5-6H2,(H2,28,29,30). The van der Waals surface area contributed by atoms with E-state index in [4.69, 9.17) is 0 Å². The molecule has 0 radical (unpaired) electrons. The summed E-state index contributed by atoms with van der Waals surface area (Å²) in [7, 11) is 0. The van der Waals surface area contributed by atoms with E-state index in [1.807, 2.05) is 18.2 Å². The van der Waals surface area contributed by atoms with Gasteiger partial charge < -0.3 is 15.4 Å². The SMILES string of the molecule is O=C(Nc1cccc(OC(F)(F)F)c1)Nc1cccc(-c2ccc3c(c2)CCCC3)c1. The number of hydrogen-bond acceptors (Lipinski definition) is 2. The topological polar surface area (TPSA) is 50.4 Å². The summed E-state index contributed by atoms with van der Waals surface area (Å²) in [6.07, 6.45) is -0.162. The van der Waals surface area contributed by atoms with Gasteiger partial charge in [0.15, 0.2) is 0 Å². The van der Waals surface area contributed by atoms with Crippen LogP contribution in [0.1, 0.15) is 24.0 Å². The van der Waals surface area contributed by atoms with Crippen molar-refractivity contribution in [2.45, 2.75) is 32.0 Å². The van der Waals surface area contributed by atoms with Crippen molar-refractivity contribution in [3.8, 4) is 16.9 Å². The zero-order valence-electron chi connectivity index (χ0n) is 16.6. The highest BCUT2D eigenvalue weighted by atomic mass is 19.4. The van der Waals surface area contributed by atoms with Crippen LogP contribution in [0.25, 0.3) is 11.1 Å². The van der Waals surface area contributed by atoms with E-state index in [0.717, 1.165) is 30.0 Å². The van der Waals surface area contributed by atoms with Crippen LogP contribution in [0.5, 0.6) is 5.75 Å². The van der Waals surface area contributed by atoms with Crippen LogP contribution < -0.4 is 15.4 Å². The minimum absolute atomic E-state index is 0.185. The molecule has 1 aliphatic rings. The Bertz CT molecular complexity index is 1100. The van der Waals surface area contributed by atoms with Crippen LogP contribution in [0.2, 0.25) is 0 Å².